The van der Waals surface area contributed by atoms with Crippen LogP contribution in [0.3, 0.4) is 0 Å². The van der Waals surface area contributed by atoms with Crippen molar-refractivity contribution in [3.8, 4) is 5.75 Å². The predicted octanol–water partition coefficient (Wildman–Crippen LogP) is 3.59. The fourth-order valence-electron chi connectivity index (χ4n) is 3.01. The minimum absolute atomic E-state index is 0.154. The van der Waals surface area contributed by atoms with E-state index in [2.05, 4.69) is 15.5 Å². The molecule has 0 unspecified atom stereocenters. The highest BCUT2D eigenvalue weighted by Crippen LogP contribution is 2.31. The van der Waals surface area contributed by atoms with E-state index in [0.717, 1.165) is 22.5 Å². The first-order chi connectivity index (χ1) is 12.7. The van der Waals surface area contributed by atoms with Gasteiger partial charge in [-0.05, 0) is 62.1 Å². The first-order valence-corrected chi connectivity index (χ1v) is 8.94. The Morgan fingerprint density at radius 1 is 1.19 bits per heavy atom. The second kappa shape index (κ2) is 7.26. The molecule has 7 heteroatoms. The molecular weight excluding hydrogens is 342 g/mol. The Kier molecular flexibility index (Phi) is 5.03. The van der Waals surface area contributed by atoms with Crippen LogP contribution in [0.5, 0.6) is 5.75 Å². The molecule has 2 aromatic heterocycles. The summed E-state index contributed by atoms with van der Waals surface area (Å²) in [4.78, 5) is 12.6. The summed E-state index contributed by atoms with van der Waals surface area (Å²) in [6.07, 6.45) is 1.76. The van der Waals surface area contributed by atoms with Crippen molar-refractivity contribution >= 4 is 11.6 Å². The Bertz CT molecular complexity index is 984. The molecule has 0 aliphatic carbocycles. The molecule has 0 saturated heterocycles. The van der Waals surface area contributed by atoms with Gasteiger partial charge < -0.3 is 10.4 Å². The first kappa shape index (κ1) is 18.7. The van der Waals surface area contributed by atoms with Gasteiger partial charge in [-0.2, -0.15) is 10.2 Å². The van der Waals surface area contributed by atoms with Crippen molar-refractivity contribution in [2.24, 2.45) is 0 Å². The van der Waals surface area contributed by atoms with Gasteiger partial charge in [0.2, 0.25) is 0 Å². The zero-order valence-corrected chi connectivity index (χ0v) is 16.3. The van der Waals surface area contributed by atoms with E-state index in [9.17, 15) is 9.90 Å². The van der Waals surface area contributed by atoms with E-state index in [1.807, 2.05) is 51.4 Å². The Morgan fingerprint density at radius 2 is 1.93 bits per heavy atom. The number of aromatic nitrogens is 4. The van der Waals surface area contributed by atoms with Gasteiger partial charge in [-0.25, -0.2) is 4.68 Å². The average molecular weight is 367 g/mol. The molecule has 3 rings (SSSR count). The number of nitrogens with zero attached hydrogens (tertiary/aromatic N) is 4. The maximum atomic E-state index is 12.6. The molecule has 0 bridgehead atoms. The number of phenolic OH excluding ortho intramolecular Hbond substituents is 1. The van der Waals surface area contributed by atoms with Gasteiger partial charge in [0, 0.05) is 17.6 Å². The minimum atomic E-state index is -0.286. The van der Waals surface area contributed by atoms with Crippen LogP contribution in [0.4, 0.5) is 5.69 Å². The summed E-state index contributed by atoms with van der Waals surface area (Å²) in [5.41, 5.74) is 4.58. The lowest BCUT2D eigenvalue weighted by molar-refractivity contribution is 0.102. The quantitative estimate of drug-likeness (QED) is 0.675. The highest BCUT2D eigenvalue weighted by atomic mass is 16.3. The highest BCUT2D eigenvalue weighted by molar-refractivity contribution is 6.03. The largest absolute Gasteiger partial charge is 0.508 e. The lowest BCUT2D eigenvalue weighted by atomic mass is 9.99. The van der Waals surface area contributed by atoms with Crippen LogP contribution in [-0.2, 0) is 6.67 Å². The van der Waals surface area contributed by atoms with Gasteiger partial charge in [0.15, 0.2) is 5.69 Å². The lowest BCUT2D eigenvalue weighted by Crippen LogP contribution is -2.16. The van der Waals surface area contributed by atoms with E-state index in [1.54, 1.807) is 23.0 Å². The monoisotopic (exact) mass is 367 g/mol. The smallest absolute Gasteiger partial charge is 0.276 e. The summed E-state index contributed by atoms with van der Waals surface area (Å²) in [5.74, 6) is 0.113. The molecule has 0 aliphatic rings. The molecule has 0 radical (unpaired) electrons. The van der Waals surface area contributed by atoms with Crippen LogP contribution in [0.1, 0.15) is 52.8 Å². The van der Waals surface area contributed by atoms with E-state index in [1.165, 1.54) is 0 Å². The third-order valence-electron chi connectivity index (χ3n) is 4.50. The van der Waals surface area contributed by atoms with Crippen LogP contribution in [-0.4, -0.2) is 30.6 Å². The number of aryl methyl sites for hydroxylation is 3. The number of hydrogen-bond donors (Lipinski definition) is 2. The Morgan fingerprint density at radius 3 is 2.56 bits per heavy atom. The number of benzene rings is 1. The van der Waals surface area contributed by atoms with Crippen molar-refractivity contribution in [2.45, 2.75) is 47.2 Å². The number of nitrogens with one attached hydrogen (secondary N) is 1. The summed E-state index contributed by atoms with van der Waals surface area (Å²) in [5, 5.41) is 21.7. The Hall–Kier alpha value is -3.09. The molecule has 0 saturated carbocycles. The number of anilines is 1. The van der Waals surface area contributed by atoms with Crippen LogP contribution in [0.15, 0.2) is 30.5 Å². The number of phenols is 1. The maximum Gasteiger partial charge on any atom is 0.276 e. The van der Waals surface area contributed by atoms with Gasteiger partial charge in [0.1, 0.15) is 12.4 Å². The number of carbonyl (C=O) groups is 1. The SMILES string of the molecule is Cc1cc(C)n(Cn2ccc(C(=O)Nc3cc(C(C)C)c(O)cc3C)n2)n1. The number of rotatable bonds is 5. The van der Waals surface area contributed by atoms with Crippen LogP contribution in [0.2, 0.25) is 0 Å². The first-order valence-electron chi connectivity index (χ1n) is 8.94. The standard InChI is InChI=1S/C20H25N5O2/c1-12(2)16-10-18(13(3)8-19(16)26)21-20(27)17-6-7-24(23-17)11-25-15(5)9-14(4)22-25/h6-10,12,26H,11H2,1-5H3,(H,21,27). The summed E-state index contributed by atoms with van der Waals surface area (Å²) in [6, 6.07) is 7.17. The van der Waals surface area contributed by atoms with Crippen molar-refractivity contribution in [3.05, 3.63) is 58.7 Å². The Balaban J connectivity index is 1.77. The Labute approximate surface area is 158 Å². The second-order valence-electron chi connectivity index (χ2n) is 7.14. The van der Waals surface area contributed by atoms with Crippen LogP contribution in [0, 0.1) is 20.8 Å². The van der Waals surface area contributed by atoms with E-state index in [4.69, 9.17) is 0 Å². The lowest BCUT2D eigenvalue weighted by Gasteiger charge is -2.14. The van der Waals surface area contributed by atoms with Crippen molar-refractivity contribution in [1.29, 1.82) is 0 Å². The molecule has 0 aliphatic heterocycles. The number of carbonyl (C=O) groups excluding carboxylic acids is 1. The zero-order chi connectivity index (χ0) is 19.7. The molecule has 142 valence electrons. The highest BCUT2D eigenvalue weighted by Gasteiger charge is 2.15. The minimum Gasteiger partial charge on any atom is -0.508 e. The van der Waals surface area contributed by atoms with Crippen molar-refractivity contribution in [2.75, 3.05) is 5.32 Å². The third-order valence-corrected chi connectivity index (χ3v) is 4.50. The molecule has 2 heterocycles. The molecule has 1 amide bonds. The van der Waals surface area contributed by atoms with E-state index < -0.39 is 0 Å². The molecular formula is C20H25N5O2. The molecule has 3 aromatic rings. The summed E-state index contributed by atoms with van der Waals surface area (Å²) >= 11 is 0. The van der Waals surface area contributed by atoms with Crippen molar-refractivity contribution in [1.82, 2.24) is 19.6 Å². The van der Waals surface area contributed by atoms with E-state index in [-0.39, 0.29) is 17.6 Å². The molecule has 27 heavy (non-hydrogen) atoms. The predicted molar refractivity (Wildman–Crippen MR) is 104 cm³/mol. The normalized spacial score (nSPS) is 11.2. The molecule has 7 nitrogen and oxygen atoms in total. The van der Waals surface area contributed by atoms with E-state index >= 15 is 0 Å². The van der Waals surface area contributed by atoms with Gasteiger partial charge >= 0.3 is 0 Å². The summed E-state index contributed by atoms with van der Waals surface area (Å²) in [7, 11) is 0. The van der Waals surface area contributed by atoms with Gasteiger partial charge in [-0.15, -0.1) is 0 Å². The van der Waals surface area contributed by atoms with E-state index in [0.29, 0.717) is 18.1 Å². The number of amides is 1. The van der Waals surface area contributed by atoms with Gasteiger partial charge in [0.05, 0.1) is 5.69 Å². The number of aromatic hydroxyl groups is 1. The van der Waals surface area contributed by atoms with Crippen molar-refractivity contribution in [3.63, 3.8) is 0 Å². The molecule has 0 spiro atoms. The molecule has 0 atom stereocenters. The maximum absolute atomic E-state index is 12.6. The average Bonchev–Trinajstić information content (AvgIpc) is 3.16. The fourth-order valence-corrected chi connectivity index (χ4v) is 3.01. The topological polar surface area (TPSA) is 85.0 Å². The van der Waals surface area contributed by atoms with Gasteiger partial charge in [-0.3, -0.25) is 9.48 Å². The number of hydrogen-bond acceptors (Lipinski definition) is 4. The summed E-state index contributed by atoms with van der Waals surface area (Å²) in [6.45, 7) is 10.2. The second-order valence-corrected chi connectivity index (χ2v) is 7.14. The van der Waals surface area contributed by atoms with Gasteiger partial charge in [-0.1, -0.05) is 13.8 Å². The molecule has 1 aromatic carbocycles. The van der Waals surface area contributed by atoms with Crippen LogP contribution < -0.4 is 5.32 Å². The molecule has 2 N–H and O–H groups in total. The van der Waals surface area contributed by atoms with Crippen molar-refractivity contribution < 1.29 is 9.90 Å². The van der Waals surface area contributed by atoms with Gasteiger partial charge in [0.25, 0.3) is 5.91 Å². The zero-order valence-electron chi connectivity index (χ0n) is 16.3. The fraction of sp³-hybridized carbons (Fsp3) is 0.350. The summed E-state index contributed by atoms with van der Waals surface area (Å²) < 4.78 is 3.51. The molecule has 0 fully saturated rings. The van der Waals surface area contributed by atoms with Crippen LogP contribution >= 0.6 is 0 Å². The third kappa shape index (κ3) is 4.02. The van der Waals surface area contributed by atoms with Crippen LogP contribution in [0.25, 0.3) is 0 Å².